The Kier molecular flexibility index (Phi) is 8.11. The lowest BCUT2D eigenvalue weighted by Crippen LogP contribution is -2.09. The molecule has 11 rings (SSSR count). The van der Waals surface area contributed by atoms with Crippen molar-refractivity contribution in [2.45, 2.75) is 0 Å². The minimum absolute atomic E-state index is 0.666. The maximum absolute atomic E-state index is 6.83. The molecule has 0 N–H and O–H groups in total. The van der Waals surface area contributed by atoms with Gasteiger partial charge in [-0.15, -0.1) is 0 Å². The Morgan fingerprint density at radius 2 is 0.914 bits per heavy atom. The van der Waals surface area contributed by atoms with E-state index in [0.29, 0.717) is 5.82 Å². The highest BCUT2D eigenvalue weighted by molar-refractivity contribution is 6.18. The van der Waals surface area contributed by atoms with Crippen LogP contribution in [0.3, 0.4) is 0 Å². The van der Waals surface area contributed by atoms with Crippen LogP contribution in [0.1, 0.15) is 0 Å². The van der Waals surface area contributed by atoms with Gasteiger partial charge in [-0.1, -0.05) is 140 Å². The molecule has 0 fully saturated rings. The molecule has 2 heterocycles. The predicted molar refractivity (Wildman–Crippen MR) is 241 cm³/mol. The lowest BCUT2D eigenvalue weighted by Gasteiger charge is -2.25. The van der Waals surface area contributed by atoms with E-state index in [0.717, 1.165) is 89.0 Å². The van der Waals surface area contributed by atoms with E-state index < -0.39 is 0 Å². The number of furan rings is 1. The van der Waals surface area contributed by atoms with Crippen molar-refractivity contribution in [2.24, 2.45) is 0 Å². The normalized spacial score (nSPS) is 11.4. The summed E-state index contributed by atoms with van der Waals surface area (Å²) in [6.45, 7) is 0. The summed E-state index contributed by atoms with van der Waals surface area (Å²) in [7, 11) is 0. The molecule has 4 nitrogen and oxygen atoms in total. The van der Waals surface area contributed by atoms with Crippen LogP contribution in [0.15, 0.2) is 217 Å². The third kappa shape index (κ3) is 5.96. The molecule has 0 aliphatic heterocycles. The van der Waals surface area contributed by atoms with E-state index in [1.54, 1.807) is 0 Å². The number of anilines is 3. The molecule has 4 heteroatoms. The van der Waals surface area contributed by atoms with Crippen LogP contribution >= 0.6 is 0 Å². The van der Waals surface area contributed by atoms with Crippen molar-refractivity contribution in [2.75, 3.05) is 4.90 Å². The molecule has 0 aliphatic carbocycles. The van der Waals surface area contributed by atoms with Gasteiger partial charge >= 0.3 is 0 Å². The molecule has 0 radical (unpaired) electrons. The third-order valence-electron chi connectivity index (χ3n) is 11.0. The van der Waals surface area contributed by atoms with Crippen LogP contribution in [0.5, 0.6) is 0 Å². The van der Waals surface area contributed by atoms with Gasteiger partial charge in [-0.2, -0.15) is 0 Å². The van der Waals surface area contributed by atoms with E-state index in [1.807, 2.05) is 6.07 Å². The Balaban J connectivity index is 1.06. The van der Waals surface area contributed by atoms with Gasteiger partial charge < -0.3 is 9.32 Å². The average molecular weight is 742 g/mol. The zero-order valence-electron chi connectivity index (χ0n) is 31.5. The van der Waals surface area contributed by atoms with Crippen molar-refractivity contribution >= 4 is 60.5 Å². The van der Waals surface area contributed by atoms with Gasteiger partial charge in [0.2, 0.25) is 0 Å². The fourth-order valence-corrected chi connectivity index (χ4v) is 8.21. The van der Waals surface area contributed by atoms with Crippen LogP contribution < -0.4 is 4.90 Å². The summed E-state index contributed by atoms with van der Waals surface area (Å²) in [5.74, 6) is 0.666. The molecule has 58 heavy (non-hydrogen) atoms. The number of aromatic nitrogens is 2. The maximum Gasteiger partial charge on any atom is 0.160 e. The zero-order chi connectivity index (χ0) is 38.4. The molecule has 0 atom stereocenters. The van der Waals surface area contributed by atoms with Crippen molar-refractivity contribution < 1.29 is 4.42 Å². The number of hydrogen-bond donors (Lipinski definition) is 0. The molecular formula is C54H35N3O. The highest BCUT2D eigenvalue weighted by Gasteiger charge is 2.20. The first kappa shape index (κ1) is 33.5. The number of para-hydroxylation sites is 2. The van der Waals surface area contributed by atoms with E-state index >= 15 is 0 Å². The fraction of sp³-hybridized carbons (Fsp3) is 0. The molecule has 11 aromatic rings. The van der Waals surface area contributed by atoms with Crippen LogP contribution in [0.2, 0.25) is 0 Å². The van der Waals surface area contributed by atoms with Crippen LogP contribution in [0.4, 0.5) is 17.1 Å². The minimum Gasteiger partial charge on any atom is -0.455 e. The summed E-state index contributed by atoms with van der Waals surface area (Å²) < 4.78 is 6.83. The van der Waals surface area contributed by atoms with E-state index in [1.165, 1.54) is 10.8 Å². The van der Waals surface area contributed by atoms with Gasteiger partial charge in [0.25, 0.3) is 0 Å². The molecular weight excluding hydrogens is 707 g/mol. The number of rotatable bonds is 7. The van der Waals surface area contributed by atoms with Gasteiger partial charge in [-0.25, -0.2) is 9.97 Å². The minimum atomic E-state index is 0.666. The van der Waals surface area contributed by atoms with Gasteiger partial charge in [0.15, 0.2) is 5.82 Å². The predicted octanol–water partition coefficient (Wildman–Crippen LogP) is 14.8. The molecule has 0 saturated heterocycles. The fourth-order valence-electron chi connectivity index (χ4n) is 8.21. The van der Waals surface area contributed by atoms with E-state index in [9.17, 15) is 0 Å². The molecule has 0 spiro atoms. The standard InChI is InChI=1S/C54H35N3O/c1-4-15-37(16-5-1)49-35-50(41-25-24-36-14-10-11-17-39(36)32-41)56-54(55-49)42-28-31-51-47(34-42)48-33-40-18-12-13-23-46(40)52(53(48)58-51)38-26-29-45(30-27-38)57(43-19-6-2-7-20-43)44-21-8-3-9-22-44/h1-35H. The Morgan fingerprint density at radius 3 is 1.64 bits per heavy atom. The van der Waals surface area contributed by atoms with Crippen molar-refractivity contribution in [3.05, 3.63) is 212 Å². The Morgan fingerprint density at radius 1 is 0.345 bits per heavy atom. The van der Waals surface area contributed by atoms with Gasteiger partial charge in [0, 0.05) is 50.1 Å². The lowest BCUT2D eigenvalue weighted by atomic mass is 9.94. The molecule has 0 saturated carbocycles. The van der Waals surface area contributed by atoms with Gasteiger partial charge in [-0.05, 0) is 99.9 Å². The van der Waals surface area contributed by atoms with Crippen LogP contribution in [0, 0.1) is 0 Å². The maximum atomic E-state index is 6.83. The first-order valence-corrected chi connectivity index (χ1v) is 19.6. The number of benzene rings is 9. The van der Waals surface area contributed by atoms with Crippen molar-refractivity contribution in [3.8, 4) is 45.0 Å². The monoisotopic (exact) mass is 741 g/mol. The second-order valence-electron chi connectivity index (χ2n) is 14.6. The van der Waals surface area contributed by atoms with E-state index in [2.05, 4.69) is 211 Å². The second-order valence-corrected chi connectivity index (χ2v) is 14.6. The van der Waals surface area contributed by atoms with E-state index in [-0.39, 0.29) is 0 Å². The summed E-state index contributed by atoms with van der Waals surface area (Å²) in [5, 5.41) is 6.75. The lowest BCUT2D eigenvalue weighted by molar-refractivity contribution is 0.670. The zero-order valence-corrected chi connectivity index (χ0v) is 31.5. The third-order valence-corrected chi connectivity index (χ3v) is 11.0. The smallest absolute Gasteiger partial charge is 0.160 e. The van der Waals surface area contributed by atoms with Crippen LogP contribution in [-0.4, -0.2) is 9.97 Å². The highest BCUT2D eigenvalue weighted by Crippen LogP contribution is 2.43. The quantitative estimate of drug-likeness (QED) is 0.163. The van der Waals surface area contributed by atoms with E-state index in [4.69, 9.17) is 14.4 Å². The molecule has 0 aliphatic rings. The van der Waals surface area contributed by atoms with Crippen molar-refractivity contribution in [1.29, 1.82) is 0 Å². The molecule has 9 aromatic carbocycles. The summed E-state index contributed by atoms with van der Waals surface area (Å²) in [4.78, 5) is 12.7. The summed E-state index contributed by atoms with van der Waals surface area (Å²) in [6, 6.07) is 74.4. The molecule has 2 aromatic heterocycles. The van der Waals surface area contributed by atoms with Gasteiger partial charge in [-0.3, -0.25) is 0 Å². The average Bonchev–Trinajstić information content (AvgIpc) is 3.66. The number of hydrogen-bond acceptors (Lipinski definition) is 4. The van der Waals surface area contributed by atoms with Gasteiger partial charge in [0.1, 0.15) is 11.2 Å². The number of fused-ring (bicyclic) bond motifs is 5. The summed E-state index contributed by atoms with van der Waals surface area (Å²) in [5.41, 5.74) is 11.9. The molecule has 0 amide bonds. The Hall–Kier alpha value is -7.82. The second kappa shape index (κ2) is 14.0. The van der Waals surface area contributed by atoms with Crippen LogP contribution in [0.25, 0.3) is 88.5 Å². The van der Waals surface area contributed by atoms with Crippen molar-refractivity contribution in [3.63, 3.8) is 0 Å². The Labute approximate surface area is 335 Å². The largest absolute Gasteiger partial charge is 0.455 e. The van der Waals surface area contributed by atoms with Gasteiger partial charge in [0.05, 0.1) is 11.4 Å². The summed E-state index contributed by atoms with van der Waals surface area (Å²) in [6.07, 6.45) is 0. The number of nitrogens with zero attached hydrogens (tertiary/aromatic N) is 3. The molecule has 0 unspecified atom stereocenters. The van der Waals surface area contributed by atoms with Crippen molar-refractivity contribution in [1.82, 2.24) is 9.97 Å². The Bertz CT molecular complexity index is 3230. The van der Waals surface area contributed by atoms with Crippen LogP contribution in [-0.2, 0) is 0 Å². The molecule has 0 bridgehead atoms. The molecule has 272 valence electrons. The summed E-state index contributed by atoms with van der Waals surface area (Å²) >= 11 is 0. The topological polar surface area (TPSA) is 42.2 Å². The SMILES string of the molecule is c1ccc(-c2cc(-c3ccc4ccccc4c3)nc(-c3ccc4oc5c(-c6ccc(N(c7ccccc7)c7ccccc7)cc6)c6ccccc6cc5c4c3)n2)cc1. The highest BCUT2D eigenvalue weighted by atomic mass is 16.3. The first-order valence-electron chi connectivity index (χ1n) is 19.6. The first-order chi connectivity index (χ1) is 28.7.